The third-order valence-electron chi connectivity index (χ3n) is 3.64. The maximum absolute atomic E-state index is 12.2. The Hall–Kier alpha value is -2.05. The van der Waals surface area contributed by atoms with E-state index in [4.69, 9.17) is 5.73 Å². The van der Waals surface area contributed by atoms with Crippen LogP contribution in [0, 0.1) is 13.8 Å². The van der Waals surface area contributed by atoms with Crippen LogP contribution in [0.4, 0.5) is 5.69 Å². The summed E-state index contributed by atoms with van der Waals surface area (Å²) in [5, 5.41) is 4.23. The highest BCUT2D eigenvalue weighted by molar-refractivity contribution is 5.84. The highest BCUT2D eigenvalue weighted by Crippen LogP contribution is 2.14. The molecule has 0 saturated carbocycles. The van der Waals surface area contributed by atoms with Crippen LogP contribution >= 0.6 is 0 Å². The first-order chi connectivity index (χ1) is 9.81. The van der Waals surface area contributed by atoms with E-state index in [2.05, 4.69) is 5.10 Å². The van der Waals surface area contributed by atoms with Gasteiger partial charge in [0.2, 0.25) is 11.8 Å². The number of nitrogens with zero attached hydrogens (tertiary/aromatic N) is 4. The standard InChI is InChI=1S/C14H25N5O2/c1-6-18(7-2)13(21)8-17(5)12(20)9-19-11(4)14(15)10(3)16-19/h6-9,15H2,1-5H3. The van der Waals surface area contributed by atoms with Gasteiger partial charge in [0.25, 0.3) is 0 Å². The van der Waals surface area contributed by atoms with Crippen LogP contribution in [0.15, 0.2) is 0 Å². The van der Waals surface area contributed by atoms with Gasteiger partial charge < -0.3 is 15.5 Å². The monoisotopic (exact) mass is 295 g/mol. The lowest BCUT2D eigenvalue weighted by atomic mass is 10.3. The Morgan fingerprint density at radius 3 is 2.19 bits per heavy atom. The minimum Gasteiger partial charge on any atom is -0.396 e. The summed E-state index contributed by atoms with van der Waals surface area (Å²) in [4.78, 5) is 27.3. The molecule has 0 aliphatic carbocycles. The van der Waals surface area contributed by atoms with E-state index in [1.807, 2.05) is 20.8 Å². The van der Waals surface area contributed by atoms with Crippen molar-refractivity contribution in [2.75, 3.05) is 32.4 Å². The molecule has 0 unspecified atom stereocenters. The molecule has 1 aromatic rings. The molecule has 0 aromatic carbocycles. The summed E-state index contributed by atoms with van der Waals surface area (Å²) in [6, 6.07) is 0. The number of nitrogen functional groups attached to an aromatic ring is 1. The summed E-state index contributed by atoms with van der Waals surface area (Å²) >= 11 is 0. The van der Waals surface area contributed by atoms with Crippen molar-refractivity contribution in [3.8, 4) is 0 Å². The SMILES string of the molecule is CCN(CC)C(=O)CN(C)C(=O)Cn1nc(C)c(N)c1C. The largest absolute Gasteiger partial charge is 0.396 e. The summed E-state index contributed by atoms with van der Waals surface area (Å²) in [6.45, 7) is 8.92. The molecule has 7 nitrogen and oxygen atoms in total. The number of likely N-dealkylation sites (N-methyl/N-ethyl adjacent to an activating group) is 2. The Balaban J connectivity index is 2.67. The molecule has 0 radical (unpaired) electrons. The number of anilines is 1. The Morgan fingerprint density at radius 2 is 1.76 bits per heavy atom. The van der Waals surface area contributed by atoms with Crippen molar-refractivity contribution in [2.45, 2.75) is 34.2 Å². The lowest BCUT2D eigenvalue weighted by molar-refractivity contribution is -0.139. The van der Waals surface area contributed by atoms with Crippen molar-refractivity contribution in [1.29, 1.82) is 0 Å². The molecule has 0 bridgehead atoms. The molecule has 0 atom stereocenters. The van der Waals surface area contributed by atoms with Gasteiger partial charge in [-0.2, -0.15) is 5.10 Å². The molecule has 2 amide bonds. The van der Waals surface area contributed by atoms with Crippen LogP contribution < -0.4 is 5.73 Å². The predicted octanol–water partition coefficient (Wildman–Crippen LogP) is 0.409. The van der Waals surface area contributed by atoms with Gasteiger partial charge in [-0.3, -0.25) is 14.3 Å². The zero-order valence-corrected chi connectivity index (χ0v) is 13.5. The number of hydrogen-bond donors (Lipinski definition) is 1. The van der Waals surface area contributed by atoms with E-state index in [-0.39, 0.29) is 24.9 Å². The van der Waals surface area contributed by atoms with Gasteiger partial charge >= 0.3 is 0 Å². The maximum Gasteiger partial charge on any atom is 0.244 e. The van der Waals surface area contributed by atoms with Crippen molar-refractivity contribution < 1.29 is 9.59 Å². The second kappa shape index (κ2) is 7.10. The molecule has 0 spiro atoms. The highest BCUT2D eigenvalue weighted by atomic mass is 16.2. The Bertz CT molecular complexity index is 520. The molecule has 21 heavy (non-hydrogen) atoms. The van der Waals surface area contributed by atoms with E-state index in [9.17, 15) is 9.59 Å². The van der Waals surface area contributed by atoms with Crippen molar-refractivity contribution in [3.63, 3.8) is 0 Å². The van der Waals surface area contributed by atoms with E-state index < -0.39 is 0 Å². The molecular formula is C14H25N5O2. The molecule has 0 saturated heterocycles. The zero-order chi connectivity index (χ0) is 16.2. The minimum absolute atomic E-state index is 0.0521. The third-order valence-corrected chi connectivity index (χ3v) is 3.64. The molecule has 118 valence electrons. The molecule has 1 heterocycles. The molecule has 2 N–H and O–H groups in total. The number of aromatic nitrogens is 2. The van der Waals surface area contributed by atoms with Crippen LogP contribution in [0.2, 0.25) is 0 Å². The fraction of sp³-hybridized carbons (Fsp3) is 0.643. The zero-order valence-electron chi connectivity index (χ0n) is 13.5. The lowest BCUT2D eigenvalue weighted by Crippen LogP contribution is -2.42. The summed E-state index contributed by atoms with van der Waals surface area (Å²) < 4.78 is 1.57. The predicted molar refractivity (Wildman–Crippen MR) is 81.7 cm³/mol. The quantitative estimate of drug-likeness (QED) is 0.823. The van der Waals surface area contributed by atoms with E-state index in [1.54, 1.807) is 23.6 Å². The molecule has 0 aliphatic heterocycles. The van der Waals surface area contributed by atoms with Crippen LogP contribution in [0.1, 0.15) is 25.2 Å². The summed E-state index contributed by atoms with van der Waals surface area (Å²) in [6.07, 6.45) is 0. The van der Waals surface area contributed by atoms with Crippen LogP contribution in [-0.2, 0) is 16.1 Å². The molecule has 1 rings (SSSR count). The first kappa shape index (κ1) is 17.0. The maximum atomic E-state index is 12.2. The Morgan fingerprint density at radius 1 is 1.19 bits per heavy atom. The van der Waals surface area contributed by atoms with E-state index in [0.717, 1.165) is 5.69 Å². The van der Waals surface area contributed by atoms with Crippen LogP contribution in [-0.4, -0.2) is 58.1 Å². The van der Waals surface area contributed by atoms with Crippen LogP contribution in [0.5, 0.6) is 0 Å². The van der Waals surface area contributed by atoms with Crippen LogP contribution in [0.3, 0.4) is 0 Å². The third kappa shape index (κ3) is 3.96. The van der Waals surface area contributed by atoms with Gasteiger partial charge in [-0.1, -0.05) is 0 Å². The van der Waals surface area contributed by atoms with Gasteiger partial charge in [0.1, 0.15) is 6.54 Å². The van der Waals surface area contributed by atoms with E-state index in [1.165, 1.54) is 4.90 Å². The Kier molecular flexibility index (Phi) is 5.75. The van der Waals surface area contributed by atoms with Crippen molar-refractivity contribution >= 4 is 17.5 Å². The first-order valence-electron chi connectivity index (χ1n) is 7.12. The lowest BCUT2D eigenvalue weighted by Gasteiger charge is -2.23. The first-order valence-corrected chi connectivity index (χ1v) is 7.12. The average molecular weight is 295 g/mol. The van der Waals surface area contributed by atoms with Crippen molar-refractivity contribution in [3.05, 3.63) is 11.4 Å². The van der Waals surface area contributed by atoms with Gasteiger partial charge in [-0.05, 0) is 27.7 Å². The smallest absolute Gasteiger partial charge is 0.244 e. The second-order valence-electron chi connectivity index (χ2n) is 5.06. The van der Waals surface area contributed by atoms with Gasteiger partial charge in [-0.25, -0.2) is 0 Å². The van der Waals surface area contributed by atoms with Crippen LogP contribution in [0.25, 0.3) is 0 Å². The van der Waals surface area contributed by atoms with Gasteiger partial charge in [0.15, 0.2) is 0 Å². The molecular weight excluding hydrogens is 270 g/mol. The molecule has 0 aliphatic rings. The average Bonchev–Trinajstić information content (AvgIpc) is 2.67. The summed E-state index contributed by atoms with van der Waals surface area (Å²) in [7, 11) is 1.62. The number of nitrogens with two attached hydrogens (primary N) is 1. The normalized spacial score (nSPS) is 10.5. The number of carbonyl (C=O) groups is 2. The van der Waals surface area contributed by atoms with Gasteiger partial charge in [0.05, 0.1) is 23.6 Å². The number of hydrogen-bond acceptors (Lipinski definition) is 4. The van der Waals surface area contributed by atoms with E-state index in [0.29, 0.717) is 24.5 Å². The topological polar surface area (TPSA) is 84.5 Å². The van der Waals surface area contributed by atoms with Crippen molar-refractivity contribution in [2.24, 2.45) is 0 Å². The molecule has 1 aromatic heterocycles. The van der Waals surface area contributed by atoms with Gasteiger partial charge in [0, 0.05) is 20.1 Å². The minimum atomic E-state index is -0.166. The summed E-state index contributed by atoms with van der Waals surface area (Å²) in [5.74, 6) is -0.218. The number of amides is 2. The van der Waals surface area contributed by atoms with Crippen molar-refractivity contribution in [1.82, 2.24) is 19.6 Å². The second-order valence-corrected chi connectivity index (χ2v) is 5.06. The number of carbonyl (C=O) groups excluding carboxylic acids is 2. The molecule has 0 fully saturated rings. The highest BCUT2D eigenvalue weighted by Gasteiger charge is 2.18. The Labute approximate surface area is 125 Å². The number of rotatable bonds is 6. The number of aryl methyl sites for hydroxylation is 1. The summed E-state index contributed by atoms with van der Waals surface area (Å²) in [5.41, 5.74) is 7.92. The fourth-order valence-electron chi connectivity index (χ4n) is 2.08. The van der Waals surface area contributed by atoms with E-state index >= 15 is 0 Å². The fourth-order valence-corrected chi connectivity index (χ4v) is 2.08. The van der Waals surface area contributed by atoms with Gasteiger partial charge in [-0.15, -0.1) is 0 Å². The molecule has 7 heteroatoms.